The van der Waals surface area contributed by atoms with Gasteiger partial charge in [0, 0.05) is 12.3 Å². The van der Waals surface area contributed by atoms with E-state index in [2.05, 4.69) is 23.5 Å². The quantitative estimate of drug-likeness (QED) is 0.248. The summed E-state index contributed by atoms with van der Waals surface area (Å²) in [5.41, 5.74) is 0. The maximum atomic E-state index is 10.4. The van der Waals surface area contributed by atoms with E-state index in [0.29, 0.717) is 0 Å². The molecule has 0 spiro atoms. The van der Waals surface area contributed by atoms with Gasteiger partial charge in [-0.15, -0.1) is 0 Å². The summed E-state index contributed by atoms with van der Waals surface area (Å²) in [5, 5.41) is 0. The van der Waals surface area contributed by atoms with Crippen LogP contribution in [0.2, 0.25) is 0 Å². The van der Waals surface area contributed by atoms with Gasteiger partial charge in [-0.3, -0.25) is 0 Å². The molecule has 0 heterocycles. The molecule has 0 saturated carbocycles. The number of carbonyl (C=O) groups is 1. The van der Waals surface area contributed by atoms with Crippen LogP contribution in [-0.4, -0.2) is 13.1 Å². The molecule has 0 atom stereocenters. The summed E-state index contributed by atoms with van der Waals surface area (Å²) in [7, 11) is 1.32. The summed E-state index contributed by atoms with van der Waals surface area (Å²) in [6, 6.07) is 0. The number of esters is 1. The fourth-order valence-electron chi connectivity index (χ4n) is 0.399. The molecule has 0 fully saturated rings. The van der Waals surface area contributed by atoms with Gasteiger partial charge in [0.15, 0.2) is 0 Å². The average Bonchev–Trinajstić information content (AvgIpc) is 1.98. The number of rotatable bonds is 2. The first-order valence-electron chi connectivity index (χ1n) is 3.17. The maximum Gasteiger partial charge on any atom is 0.384 e. The minimum Gasteiger partial charge on any atom is -0.459 e. The van der Waals surface area contributed by atoms with Crippen molar-refractivity contribution >= 4 is 5.97 Å². The summed E-state index contributed by atoms with van der Waals surface area (Å²) < 4.78 is 4.30. The molecule has 0 saturated heterocycles. The van der Waals surface area contributed by atoms with Gasteiger partial charge in [-0.25, -0.2) is 4.79 Å². The highest BCUT2D eigenvalue weighted by Crippen LogP contribution is 1.89. The van der Waals surface area contributed by atoms with Gasteiger partial charge in [-0.05, 0) is 6.42 Å². The van der Waals surface area contributed by atoms with Crippen molar-refractivity contribution in [2.75, 3.05) is 7.11 Å². The van der Waals surface area contributed by atoms with Crippen molar-refractivity contribution in [2.24, 2.45) is 0 Å². The minimum absolute atomic E-state index is 0.468. The van der Waals surface area contributed by atoms with Crippen molar-refractivity contribution in [3.63, 3.8) is 0 Å². The predicted octanol–water partition coefficient (Wildman–Crippen LogP) is 1.17. The van der Waals surface area contributed by atoms with Crippen LogP contribution in [-0.2, 0) is 9.53 Å². The molecule has 0 rings (SSSR count). The number of ether oxygens (including phenoxy) is 1. The normalized spacial score (nSPS) is 7.80. The Bertz CT molecular complexity index is 150. The molecule has 10 heavy (non-hydrogen) atoms. The fourth-order valence-corrected chi connectivity index (χ4v) is 0.399. The molecular formula is C8H11O2. The zero-order valence-corrected chi connectivity index (χ0v) is 6.14. The lowest BCUT2D eigenvalue weighted by atomic mass is 10.2. The van der Waals surface area contributed by atoms with Crippen LogP contribution in [0.3, 0.4) is 0 Å². The van der Waals surface area contributed by atoms with Crippen LogP contribution in [0.15, 0.2) is 0 Å². The SMILES string of the molecule is [CH2]CCCC#CC(=O)OC. The van der Waals surface area contributed by atoms with E-state index in [1.807, 2.05) is 0 Å². The molecule has 0 aliphatic rings. The molecule has 0 amide bonds. The molecule has 0 aromatic carbocycles. The number of hydrogen-bond donors (Lipinski definition) is 0. The van der Waals surface area contributed by atoms with E-state index in [1.165, 1.54) is 7.11 Å². The second-order valence-electron chi connectivity index (χ2n) is 1.75. The minimum atomic E-state index is -0.468. The van der Waals surface area contributed by atoms with Crippen LogP contribution in [0.1, 0.15) is 19.3 Å². The van der Waals surface area contributed by atoms with Crippen LogP contribution in [0.25, 0.3) is 0 Å². The summed E-state index contributed by atoms with van der Waals surface area (Å²) in [6.07, 6.45) is 2.51. The Labute approximate surface area is 61.6 Å². The van der Waals surface area contributed by atoms with Crippen molar-refractivity contribution in [1.29, 1.82) is 0 Å². The summed E-state index contributed by atoms with van der Waals surface area (Å²) in [4.78, 5) is 10.4. The molecule has 0 bridgehead atoms. The van der Waals surface area contributed by atoms with Crippen LogP contribution >= 0.6 is 0 Å². The molecule has 2 nitrogen and oxygen atoms in total. The van der Waals surface area contributed by atoms with Crippen molar-refractivity contribution in [3.8, 4) is 11.8 Å². The zero-order chi connectivity index (χ0) is 7.82. The Balaban J connectivity index is 3.39. The van der Waals surface area contributed by atoms with Crippen LogP contribution < -0.4 is 0 Å². The lowest BCUT2D eigenvalue weighted by Crippen LogP contribution is -1.93. The van der Waals surface area contributed by atoms with Crippen LogP contribution in [0.5, 0.6) is 0 Å². The largest absolute Gasteiger partial charge is 0.459 e. The van der Waals surface area contributed by atoms with E-state index >= 15 is 0 Å². The van der Waals surface area contributed by atoms with E-state index in [-0.39, 0.29) is 0 Å². The van der Waals surface area contributed by atoms with Gasteiger partial charge in [-0.1, -0.05) is 19.3 Å². The van der Waals surface area contributed by atoms with Gasteiger partial charge >= 0.3 is 5.97 Å². The fraction of sp³-hybridized carbons (Fsp3) is 0.500. The van der Waals surface area contributed by atoms with Crippen LogP contribution in [0, 0.1) is 18.8 Å². The van der Waals surface area contributed by atoms with Crippen LogP contribution in [0.4, 0.5) is 0 Å². The van der Waals surface area contributed by atoms with E-state index in [9.17, 15) is 4.79 Å². The van der Waals surface area contributed by atoms with Gasteiger partial charge in [-0.2, -0.15) is 0 Å². The zero-order valence-electron chi connectivity index (χ0n) is 6.14. The third-order valence-electron chi connectivity index (χ3n) is 0.928. The van der Waals surface area contributed by atoms with E-state index in [1.54, 1.807) is 0 Å². The van der Waals surface area contributed by atoms with Crippen molar-refractivity contribution in [1.82, 2.24) is 0 Å². The number of carbonyl (C=O) groups excluding carboxylic acids is 1. The smallest absolute Gasteiger partial charge is 0.384 e. The number of unbranched alkanes of at least 4 members (excludes halogenated alkanes) is 2. The maximum absolute atomic E-state index is 10.4. The summed E-state index contributed by atoms with van der Waals surface area (Å²) in [6.45, 7) is 3.64. The van der Waals surface area contributed by atoms with E-state index in [0.717, 1.165) is 19.3 Å². The number of hydrogen-bond acceptors (Lipinski definition) is 2. The third-order valence-corrected chi connectivity index (χ3v) is 0.928. The van der Waals surface area contributed by atoms with Gasteiger partial charge in [0.2, 0.25) is 0 Å². The number of methoxy groups -OCH3 is 1. The topological polar surface area (TPSA) is 26.3 Å². The first kappa shape index (κ1) is 9.03. The first-order chi connectivity index (χ1) is 4.81. The lowest BCUT2D eigenvalue weighted by Gasteiger charge is -1.85. The lowest BCUT2D eigenvalue weighted by molar-refractivity contribution is -0.133. The molecule has 0 N–H and O–H groups in total. The van der Waals surface area contributed by atoms with Crippen molar-refractivity contribution < 1.29 is 9.53 Å². The molecule has 0 aromatic heterocycles. The van der Waals surface area contributed by atoms with Gasteiger partial charge in [0.1, 0.15) is 0 Å². The van der Waals surface area contributed by atoms with E-state index < -0.39 is 5.97 Å². The molecule has 2 heteroatoms. The average molecular weight is 139 g/mol. The Kier molecular flexibility index (Phi) is 5.56. The van der Waals surface area contributed by atoms with Gasteiger partial charge in [0.05, 0.1) is 7.11 Å². The highest BCUT2D eigenvalue weighted by molar-refractivity contribution is 5.88. The van der Waals surface area contributed by atoms with Crippen molar-refractivity contribution in [3.05, 3.63) is 6.92 Å². The highest BCUT2D eigenvalue weighted by atomic mass is 16.5. The molecule has 0 aliphatic carbocycles. The Morgan fingerprint density at radius 3 is 2.90 bits per heavy atom. The molecule has 0 aliphatic heterocycles. The molecule has 1 radical (unpaired) electrons. The Morgan fingerprint density at radius 1 is 1.70 bits per heavy atom. The molecular weight excluding hydrogens is 128 g/mol. The summed E-state index contributed by atoms with van der Waals surface area (Å²) in [5.74, 6) is 4.53. The second-order valence-corrected chi connectivity index (χ2v) is 1.75. The first-order valence-corrected chi connectivity index (χ1v) is 3.17. The van der Waals surface area contributed by atoms with E-state index in [4.69, 9.17) is 0 Å². The van der Waals surface area contributed by atoms with Gasteiger partial charge in [0.25, 0.3) is 0 Å². The molecule has 0 aromatic rings. The summed E-state index contributed by atoms with van der Waals surface area (Å²) >= 11 is 0. The highest BCUT2D eigenvalue weighted by Gasteiger charge is 1.86. The predicted molar refractivity (Wildman–Crippen MR) is 39.0 cm³/mol. The Morgan fingerprint density at radius 2 is 2.40 bits per heavy atom. The monoisotopic (exact) mass is 139 g/mol. The van der Waals surface area contributed by atoms with Gasteiger partial charge < -0.3 is 4.74 Å². The Hall–Kier alpha value is -0.970. The third kappa shape index (κ3) is 5.17. The molecule has 0 unspecified atom stereocenters. The molecule has 55 valence electrons. The standard InChI is InChI=1S/C8H11O2/c1-3-4-5-6-7-8(9)10-2/h1,3-5H2,2H3. The van der Waals surface area contributed by atoms with Crippen molar-refractivity contribution in [2.45, 2.75) is 19.3 Å². The second kappa shape index (κ2) is 6.15.